The number of esters is 1. The molecule has 0 amide bonds. The highest BCUT2D eigenvalue weighted by atomic mass is 16.5. The van der Waals surface area contributed by atoms with Crippen LogP contribution in [-0.4, -0.2) is 21.6 Å². The Bertz CT molecular complexity index is 244. The van der Waals surface area contributed by atoms with E-state index >= 15 is 0 Å². The Morgan fingerprint density at radius 1 is 1.75 bits per heavy atom. The molecule has 0 fully saturated rings. The zero-order valence-corrected chi connectivity index (χ0v) is 7.23. The Kier molecular flexibility index (Phi) is 2.85. The molecule has 0 spiro atoms. The van der Waals surface area contributed by atoms with Crippen LogP contribution in [0.15, 0.2) is 18.7 Å². The van der Waals surface area contributed by atoms with Crippen molar-refractivity contribution >= 4 is 5.97 Å². The number of hydrogen-bond acceptors (Lipinski definition) is 3. The minimum absolute atomic E-state index is 0.100. The van der Waals surface area contributed by atoms with Gasteiger partial charge in [-0.15, -0.1) is 0 Å². The molecule has 1 heterocycles. The molecule has 1 rings (SSSR count). The Morgan fingerprint density at radius 2 is 2.50 bits per heavy atom. The van der Waals surface area contributed by atoms with Crippen LogP contribution in [0.1, 0.15) is 13.8 Å². The number of carbonyl (C=O) groups is 1. The van der Waals surface area contributed by atoms with Gasteiger partial charge in [0.1, 0.15) is 6.10 Å². The van der Waals surface area contributed by atoms with Crippen LogP contribution < -0.4 is 0 Å². The summed E-state index contributed by atoms with van der Waals surface area (Å²) in [5, 5.41) is 0. The molecule has 0 unspecified atom stereocenters. The molecule has 1 aromatic rings. The molecule has 4 nitrogen and oxygen atoms in total. The molecule has 0 saturated heterocycles. The fourth-order valence-electron chi connectivity index (χ4n) is 1.01. The number of imidazole rings is 1. The first-order valence-electron chi connectivity index (χ1n) is 3.81. The third kappa shape index (κ3) is 2.74. The molecule has 0 radical (unpaired) electrons. The van der Waals surface area contributed by atoms with Crippen molar-refractivity contribution in [2.75, 3.05) is 0 Å². The van der Waals surface area contributed by atoms with Crippen molar-refractivity contribution in [3.05, 3.63) is 18.7 Å². The van der Waals surface area contributed by atoms with E-state index in [2.05, 4.69) is 4.98 Å². The highest BCUT2D eigenvalue weighted by molar-refractivity contribution is 5.66. The number of nitrogens with zero attached hydrogens (tertiary/aromatic N) is 2. The van der Waals surface area contributed by atoms with Crippen LogP contribution in [-0.2, 0) is 16.1 Å². The molecule has 0 aliphatic heterocycles. The summed E-state index contributed by atoms with van der Waals surface area (Å²) in [6.45, 7) is 3.91. The predicted octanol–water partition coefficient (Wildman–Crippen LogP) is 0.835. The summed E-state index contributed by atoms with van der Waals surface area (Å²) in [7, 11) is 0. The van der Waals surface area contributed by atoms with E-state index in [1.807, 2.05) is 17.7 Å². The lowest BCUT2D eigenvalue weighted by atomic mass is 10.4. The van der Waals surface area contributed by atoms with Gasteiger partial charge in [0.15, 0.2) is 0 Å². The molecule has 12 heavy (non-hydrogen) atoms. The van der Waals surface area contributed by atoms with Crippen molar-refractivity contribution in [2.24, 2.45) is 0 Å². The molecule has 0 aliphatic rings. The van der Waals surface area contributed by atoms with Crippen LogP contribution in [0.2, 0.25) is 0 Å². The van der Waals surface area contributed by atoms with E-state index in [1.54, 1.807) is 12.5 Å². The van der Waals surface area contributed by atoms with Gasteiger partial charge in [-0.3, -0.25) is 4.79 Å². The van der Waals surface area contributed by atoms with Crippen molar-refractivity contribution in [1.82, 2.24) is 9.55 Å². The lowest BCUT2D eigenvalue weighted by molar-refractivity contribution is -0.146. The van der Waals surface area contributed by atoms with E-state index in [4.69, 9.17) is 4.74 Å². The molecule has 0 N–H and O–H groups in total. The Balaban J connectivity index is 2.36. The largest absolute Gasteiger partial charge is 0.461 e. The standard InChI is InChI=1S/C8H12N2O2/c1-7(12-8(2)11)5-10-4-3-9-6-10/h3-4,6-7H,5H2,1-2H3/t7-/m0/s1. The topological polar surface area (TPSA) is 44.1 Å². The summed E-state index contributed by atoms with van der Waals surface area (Å²) in [6, 6.07) is 0. The van der Waals surface area contributed by atoms with Gasteiger partial charge in [0.05, 0.1) is 12.9 Å². The molecule has 66 valence electrons. The van der Waals surface area contributed by atoms with Gasteiger partial charge >= 0.3 is 5.97 Å². The van der Waals surface area contributed by atoms with Crippen LogP contribution in [0, 0.1) is 0 Å². The quantitative estimate of drug-likeness (QED) is 0.628. The fraction of sp³-hybridized carbons (Fsp3) is 0.500. The van der Waals surface area contributed by atoms with Gasteiger partial charge in [-0.25, -0.2) is 4.98 Å². The summed E-state index contributed by atoms with van der Waals surface area (Å²) in [6.07, 6.45) is 5.12. The third-order valence-corrected chi connectivity index (χ3v) is 1.39. The third-order valence-electron chi connectivity index (χ3n) is 1.39. The van der Waals surface area contributed by atoms with Crippen LogP contribution >= 0.6 is 0 Å². The van der Waals surface area contributed by atoms with Gasteiger partial charge in [0.25, 0.3) is 0 Å². The molecular formula is C8H12N2O2. The van der Waals surface area contributed by atoms with E-state index in [1.165, 1.54) is 6.92 Å². The van der Waals surface area contributed by atoms with Crippen molar-refractivity contribution in [1.29, 1.82) is 0 Å². The second-order valence-electron chi connectivity index (χ2n) is 2.68. The molecule has 4 heteroatoms. The monoisotopic (exact) mass is 168 g/mol. The predicted molar refractivity (Wildman–Crippen MR) is 43.5 cm³/mol. The van der Waals surface area contributed by atoms with Crippen molar-refractivity contribution in [3.63, 3.8) is 0 Å². The highest BCUT2D eigenvalue weighted by Gasteiger charge is 2.04. The summed E-state index contributed by atoms with van der Waals surface area (Å²) in [5.74, 6) is -0.248. The zero-order chi connectivity index (χ0) is 8.97. The van der Waals surface area contributed by atoms with Crippen LogP contribution in [0.5, 0.6) is 0 Å². The average molecular weight is 168 g/mol. The van der Waals surface area contributed by atoms with E-state index < -0.39 is 0 Å². The summed E-state index contributed by atoms with van der Waals surface area (Å²) >= 11 is 0. The van der Waals surface area contributed by atoms with E-state index in [9.17, 15) is 4.79 Å². The first kappa shape index (κ1) is 8.77. The highest BCUT2D eigenvalue weighted by Crippen LogP contribution is 1.96. The number of ether oxygens (including phenoxy) is 1. The average Bonchev–Trinajstić information content (AvgIpc) is 2.37. The molecule has 0 bridgehead atoms. The summed E-state index contributed by atoms with van der Waals surface area (Å²) < 4.78 is 6.80. The maximum Gasteiger partial charge on any atom is 0.302 e. The first-order valence-corrected chi connectivity index (χ1v) is 3.81. The zero-order valence-electron chi connectivity index (χ0n) is 7.23. The molecule has 1 atom stereocenters. The maximum atomic E-state index is 10.5. The lowest BCUT2D eigenvalue weighted by Gasteiger charge is -2.11. The van der Waals surface area contributed by atoms with Crippen molar-refractivity contribution in [3.8, 4) is 0 Å². The number of carbonyl (C=O) groups excluding carboxylic acids is 1. The van der Waals surface area contributed by atoms with Crippen LogP contribution in [0.4, 0.5) is 0 Å². The molecule has 0 aliphatic carbocycles. The molecular weight excluding hydrogens is 156 g/mol. The van der Waals surface area contributed by atoms with Crippen LogP contribution in [0.25, 0.3) is 0 Å². The summed E-state index contributed by atoms with van der Waals surface area (Å²) in [5.41, 5.74) is 0. The number of aromatic nitrogens is 2. The smallest absolute Gasteiger partial charge is 0.302 e. The number of rotatable bonds is 3. The van der Waals surface area contributed by atoms with Gasteiger partial charge in [0, 0.05) is 19.3 Å². The Hall–Kier alpha value is -1.32. The van der Waals surface area contributed by atoms with E-state index in [0.29, 0.717) is 6.54 Å². The molecule has 0 saturated carbocycles. The summed E-state index contributed by atoms with van der Waals surface area (Å²) in [4.78, 5) is 14.4. The van der Waals surface area contributed by atoms with E-state index in [0.717, 1.165) is 0 Å². The maximum absolute atomic E-state index is 10.5. The fourth-order valence-corrected chi connectivity index (χ4v) is 1.01. The van der Waals surface area contributed by atoms with Gasteiger partial charge in [-0.05, 0) is 6.92 Å². The second kappa shape index (κ2) is 3.90. The molecule has 1 aromatic heterocycles. The Morgan fingerprint density at radius 3 is 3.00 bits per heavy atom. The van der Waals surface area contributed by atoms with E-state index in [-0.39, 0.29) is 12.1 Å². The minimum atomic E-state index is -0.248. The van der Waals surface area contributed by atoms with Gasteiger partial charge in [-0.1, -0.05) is 0 Å². The SMILES string of the molecule is CC(=O)O[C@@H](C)Cn1ccnc1. The lowest BCUT2D eigenvalue weighted by Crippen LogP contribution is -2.18. The van der Waals surface area contributed by atoms with Crippen molar-refractivity contribution < 1.29 is 9.53 Å². The van der Waals surface area contributed by atoms with Crippen molar-refractivity contribution in [2.45, 2.75) is 26.5 Å². The van der Waals surface area contributed by atoms with Gasteiger partial charge < -0.3 is 9.30 Å². The normalized spacial score (nSPS) is 12.5. The first-order chi connectivity index (χ1) is 5.68. The number of hydrogen-bond donors (Lipinski definition) is 0. The van der Waals surface area contributed by atoms with Gasteiger partial charge in [0.2, 0.25) is 0 Å². The van der Waals surface area contributed by atoms with Gasteiger partial charge in [-0.2, -0.15) is 0 Å². The van der Waals surface area contributed by atoms with Crippen LogP contribution in [0.3, 0.4) is 0 Å². The minimum Gasteiger partial charge on any atom is -0.461 e. The second-order valence-corrected chi connectivity index (χ2v) is 2.68. The Labute approximate surface area is 71.2 Å². The molecule has 0 aromatic carbocycles.